The number of urea groups is 1. The highest BCUT2D eigenvalue weighted by atomic mass is 79.9. The largest absolute Gasteiger partial charge is 0.490 e. The summed E-state index contributed by atoms with van der Waals surface area (Å²) in [6.45, 7) is 3.94. The predicted octanol–water partition coefficient (Wildman–Crippen LogP) is 3.34. The first-order valence-corrected chi connectivity index (χ1v) is 9.87. The summed E-state index contributed by atoms with van der Waals surface area (Å²) in [5.41, 5.74) is 1.13. The first-order valence-electron chi connectivity index (χ1n) is 9.08. The van der Waals surface area contributed by atoms with Crippen molar-refractivity contribution >= 4 is 33.7 Å². The van der Waals surface area contributed by atoms with Crippen LogP contribution in [-0.2, 0) is 11.2 Å². The summed E-state index contributed by atoms with van der Waals surface area (Å²) >= 11 is 3.32. The van der Waals surface area contributed by atoms with E-state index in [2.05, 4.69) is 36.3 Å². The van der Waals surface area contributed by atoms with E-state index in [9.17, 15) is 22.4 Å². The molecule has 31 heavy (non-hydrogen) atoms. The van der Waals surface area contributed by atoms with Crippen molar-refractivity contribution in [3.05, 3.63) is 46.3 Å². The van der Waals surface area contributed by atoms with Gasteiger partial charge >= 0.3 is 18.2 Å². The van der Waals surface area contributed by atoms with Crippen LogP contribution in [0.1, 0.15) is 5.56 Å². The van der Waals surface area contributed by atoms with Crippen molar-refractivity contribution in [1.82, 2.24) is 20.0 Å². The molecule has 2 amide bonds. The number of H-pyrrole nitrogens is 1. The SMILES string of the molecule is O=C(Nc1[nH]ncc1Br)N1CCN(CCc2ccc(F)cc2)CC1.O=C(O)C(F)(F)F. The molecule has 0 radical (unpaired) electrons. The third kappa shape index (κ3) is 8.17. The Hall–Kier alpha value is -2.67. The van der Waals surface area contributed by atoms with E-state index in [0.717, 1.165) is 36.1 Å². The highest BCUT2D eigenvalue weighted by molar-refractivity contribution is 9.10. The Labute approximate surface area is 183 Å². The molecule has 8 nitrogen and oxygen atoms in total. The molecule has 0 unspecified atom stereocenters. The number of carbonyl (C=O) groups excluding carboxylic acids is 1. The number of carbonyl (C=O) groups is 2. The highest BCUT2D eigenvalue weighted by Gasteiger charge is 2.38. The molecule has 1 aliphatic rings. The predicted molar refractivity (Wildman–Crippen MR) is 107 cm³/mol. The molecule has 0 bridgehead atoms. The number of halogens is 5. The molecule has 2 aromatic rings. The van der Waals surface area contributed by atoms with Crippen molar-refractivity contribution in [3.63, 3.8) is 0 Å². The van der Waals surface area contributed by atoms with E-state index in [1.54, 1.807) is 11.1 Å². The monoisotopic (exact) mass is 509 g/mol. The maximum atomic E-state index is 12.9. The van der Waals surface area contributed by atoms with E-state index in [0.29, 0.717) is 18.9 Å². The number of aliphatic carboxylic acids is 1. The number of hydrogen-bond acceptors (Lipinski definition) is 4. The van der Waals surface area contributed by atoms with Gasteiger partial charge in [0.15, 0.2) is 0 Å². The number of alkyl halides is 3. The molecule has 0 atom stereocenters. The Morgan fingerprint density at radius 1 is 1.16 bits per heavy atom. The number of piperazine rings is 1. The zero-order chi connectivity index (χ0) is 23.0. The van der Waals surface area contributed by atoms with Crippen LogP contribution in [0.5, 0.6) is 0 Å². The summed E-state index contributed by atoms with van der Waals surface area (Å²) in [7, 11) is 0. The second-order valence-electron chi connectivity index (χ2n) is 6.53. The Morgan fingerprint density at radius 2 is 1.74 bits per heavy atom. The summed E-state index contributed by atoms with van der Waals surface area (Å²) in [4.78, 5) is 25.2. The highest BCUT2D eigenvalue weighted by Crippen LogP contribution is 2.18. The van der Waals surface area contributed by atoms with E-state index >= 15 is 0 Å². The molecule has 0 aliphatic carbocycles. The van der Waals surface area contributed by atoms with Crippen LogP contribution in [0.15, 0.2) is 34.9 Å². The van der Waals surface area contributed by atoms with Crippen LogP contribution in [0.3, 0.4) is 0 Å². The minimum Gasteiger partial charge on any atom is -0.475 e. The normalized spacial score (nSPS) is 14.5. The van der Waals surface area contributed by atoms with Crippen LogP contribution in [0.25, 0.3) is 0 Å². The molecule has 1 aromatic carbocycles. The Morgan fingerprint density at radius 3 is 2.23 bits per heavy atom. The lowest BCUT2D eigenvalue weighted by molar-refractivity contribution is -0.192. The fraction of sp³-hybridized carbons (Fsp3) is 0.389. The minimum atomic E-state index is -5.08. The number of nitrogens with one attached hydrogen (secondary N) is 2. The fourth-order valence-corrected chi connectivity index (χ4v) is 2.95. The third-order valence-electron chi connectivity index (χ3n) is 4.36. The summed E-state index contributed by atoms with van der Waals surface area (Å²) in [5.74, 6) is -2.39. The Bertz CT molecular complexity index is 868. The van der Waals surface area contributed by atoms with Crippen LogP contribution >= 0.6 is 15.9 Å². The first-order chi connectivity index (χ1) is 14.6. The lowest BCUT2D eigenvalue weighted by Crippen LogP contribution is -2.50. The second kappa shape index (κ2) is 11.1. The van der Waals surface area contributed by atoms with Crippen LogP contribution in [-0.4, -0.2) is 76.0 Å². The molecule has 3 rings (SSSR count). The van der Waals surface area contributed by atoms with Crippen molar-refractivity contribution in [2.24, 2.45) is 0 Å². The van der Waals surface area contributed by atoms with Gasteiger partial charge in [-0.05, 0) is 40.0 Å². The number of carboxylic acids is 1. The number of aromatic amines is 1. The lowest BCUT2D eigenvalue weighted by Gasteiger charge is -2.34. The average molecular weight is 510 g/mol. The quantitative estimate of drug-likeness (QED) is 0.548. The lowest BCUT2D eigenvalue weighted by atomic mass is 10.1. The summed E-state index contributed by atoms with van der Waals surface area (Å²) < 4.78 is 45.4. The molecule has 1 aromatic heterocycles. The van der Waals surface area contributed by atoms with Crippen LogP contribution in [0.2, 0.25) is 0 Å². The van der Waals surface area contributed by atoms with Gasteiger partial charge in [0.1, 0.15) is 11.6 Å². The van der Waals surface area contributed by atoms with E-state index in [1.165, 1.54) is 12.1 Å². The molecule has 1 fully saturated rings. The minimum absolute atomic E-state index is 0.127. The fourth-order valence-electron chi connectivity index (χ4n) is 2.66. The van der Waals surface area contributed by atoms with Gasteiger partial charge in [-0.1, -0.05) is 12.1 Å². The third-order valence-corrected chi connectivity index (χ3v) is 4.96. The number of nitrogens with zero attached hydrogens (tertiary/aromatic N) is 3. The number of anilines is 1. The van der Waals surface area contributed by atoms with Crippen LogP contribution in [0.4, 0.5) is 28.2 Å². The molecule has 3 N–H and O–H groups in total. The number of hydrogen-bond donors (Lipinski definition) is 3. The van der Waals surface area contributed by atoms with Gasteiger partial charge in [-0.15, -0.1) is 0 Å². The van der Waals surface area contributed by atoms with Gasteiger partial charge in [0.2, 0.25) is 0 Å². The van der Waals surface area contributed by atoms with Crippen molar-refractivity contribution in [3.8, 4) is 0 Å². The summed E-state index contributed by atoms with van der Waals surface area (Å²) in [6, 6.07) is 6.50. The maximum absolute atomic E-state index is 12.9. The number of rotatable bonds is 4. The summed E-state index contributed by atoms with van der Waals surface area (Å²) in [5, 5.41) is 16.5. The van der Waals surface area contributed by atoms with Gasteiger partial charge in [0.25, 0.3) is 0 Å². The second-order valence-corrected chi connectivity index (χ2v) is 7.39. The topological polar surface area (TPSA) is 102 Å². The van der Waals surface area contributed by atoms with E-state index in [-0.39, 0.29) is 11.8 Å². The van der Waals surface area contributed by atoms with Crippen molar-refractivity contribution in [2.45, 2.75) is 12.6 Å². The Kier molecular flexibility index (Phi) is 8.80. The molecular weight excluding hydrogens is 490 g/mol. The van der Waals surface area contributed by atoms with Crippen molar-refractivity contribution in [1.29, 1.82) is 0 Å². The van der Waals surface area contributed by atoms with Gasteiger partial charge < -0.3 is 10.0 Å². The maximum Gasteiger partial charge on any atom is 0.490 e. The molecule has 13 heteroatoms. The van der Waals surface area contributed by atoms with E-state index < -0.39 is 12.1 Å². The van der Waals surface area contributed by atoms with Crippen molar-refractivity contribution in [2.75, 3.05) is 38.0 Å². The van der Waals surface area contributed by atoms with Crippen LogP contribution in [0, 0.1) is 5.82 Å². The average Bonchev–Trinajstić information content (AvgIpc) is 3.12. The van der Waals surface area contributed by atoms with Crippen LogP contribution < -0.4 is 5.32 Å². The molecule has 0 saturated carbocycles. The number of aromatic nitrogens is 2. The number of carboxylic acid groups (broad SMARTS) is 1. The molecule has 2 heterocycles. The van der Waals surface area contributed by atoms with E-state index in [1.807, 2.05) is 12.1 Å². The van der Waals surface area contributed by atoms with Gasteiger partial charge in [-0.25, -0.2) is 14.0 Å². The van der Waals surface area contributed by atoms with E-state index in [4.69, 9.17) is 9.90 Å². The molecular formula is C18H20BrF4N5O3. The molecule has 1 saturated heterocycles. The number of amides is 2. The van der Waals surface area contributed by atoms with Gasteiger partial charge in [0.05, 0.1) is 10.7 Å². The first kappa shape index (κ1) is 24.6. The number of benzene rings is 1. The smallest absolute Gasteiger partial charge is 0.475 e. The summed E-state index contributed by atoms with van der Waals surface area (Å²) in [6.07, 6.45) is -2.60. The molecule has 0 spiro atoms. The van der Waals surface area contributed by atoms with Gasteiger partial charge in [-0.3, -0.25) is 15.3 Å². The standard InChI is InChI=1S/C16H19BrFN5O.C2HF3O2/c17-14-11-19-21-15(14)20-16(24)23-9-7-22(8-10-23)6-5-12-1-3-13(18)4-2-12;3-2(4,5)1(6)7/h1-4,11H,5-10H2,(H2,19,20,21,24);(H,6,7). The van der Waals surface area contributed by atoms with Gasteiger partial charge in [0, 0.05) is 32.7 Å². The zero-order valence-corrected chi connectivity index (χ0v) is 17.7. The van der Waals surface area contributed by atoms with Gasteiger partial charge in [-0.2, -0.15) is 18.3 Å². The zero-order valence-electron chi connectivity index (χ0n) is 16.1. The Balaban J connectivity index is 0.000000423. The van der Waals surface area contributed by atoms with Crippen molar-refractivity contribution < 1.29 is 32.3 Å². The molecule has 1 aliphatic heterocycles. The molecule has 170 valence electrons.